The molecular weight excluding hydrogens is 294 g/mol. The summed E-state index contributed by atoms with van der Waals surface area (Å²) in [6, 6.07) is 0. The third kappa shape index (κ3) is 3.20. The Labute approximate surface area is 124 Å². The number of carbonyl (C=O) groups excluding carboxylic acids is 1. The first-order chi connectivity index (χ1) is 9.50. The van der Waals surface area contributed by atoms with Gasteiger partial charge in [0.15, 0.2) is 0 Å². The molecule has 118 valence electrons. The quantitative estimate of drug-likeness (QED) is 0.899. The van der Waals surface area contributed by atoms with Crippen molar-refractivity contribution in [1.82, 2.24) is 14.9 Å². The average Bonchev–Trinajstić information content (AvgIpc) is 2.83. The topological polar surface area (TPSA) is 92.4 Å². The molecule has 1 N–H and O–H groups in total. The monoisotopic (exact) mass is 315 g/mol. The van der Waals surface area contributed by atoms with Gasteiger partial charge in [-0.3, -0.25) is 4.90 Å². The maximum absolute atomic E-state index is 12.0. The zero-order valence-electron chi connectivity index (χ0n) is 12.9. The van der Waals surface area contributed by atoms with E-state index >= 15 is 0 Å². The lowest BCUT2D eigenvalue weighted by Gasteiger charge is -2.24. The van der Waals surface area contributed by atoms with E-state index < -0.39 is 26.8 Å². The number of imidazole rings is 1. The van der Waals surface area contributed by atoms with Crippen LogP contribution in [-0.2, 0) is 27.7 Å². The van der Waals surface area contributed by atoms with E-state index in [0.717, 1.165) is 0 Å². The van der Waals surface area contributed by atoms with Crippen LogP contribution in [0.15, 0.2) is 5.16 Å². The van der Waals surface area contributed by atoms with Crippen molar-refractivity contribution in [3.8, 4) is 0 Å². The SMILES string of the molecule is CC(C)S(=O)(=O)c1nc2c([nH]1)CN(C(=O)OC(C)(C)C)C2. The number of carbonyl (C=O) groups is 1. The highest BCUT2D eigenvalue weighted by Crippen LogP contribution is 2.25. The molecule has 1 aliphatic rings. The normalized spacial score (nSPS) is 15.4. The third-order valence-corrected chi connectivity index (χ3v) is 5.05. The summed E-state index contributed by atoms with van der Waals surface area (Å²) in [6.07, 6.45) is -0.429. The van der Waals surface area contributed by atoms with E-state index in [1.165, 1.54) is 4.90 Å². The Balaban J connectivity index is 2.13. The first-order valence-corrected chi connectivity index (χ1v) is 8.35. The highest BCUT2D eigenvalue weighted by molar-refractivity contribution is 7.91. The highest BCUT2D eigenvalue weighted by Gasteiger charge is 2.33. The van der Waals surface area contributed by atoms with Crippen LogP contribution in [0.4, 0.5) is 4.79 Å². The summed E-state index contributed by atoms with van der Waals surface area (Å²) in [5.41, 5.74) is 0.674. The minimum Gasteiger partial charge on any atom is -0.444 e. The molecule has 2 heterocycles. The van der Waals surface area contributed by atoms with Gasteiger partial charge in [-0.15, -0.1) is 0 Å². The van der Waals surface area contributed by atoms with Gasteiger partial charge in [-0.25, -0.2) is 18.2 Å². The number of hydrogen-bond donors (Lipinski definition) is 1. The molecule has 0 spiro atoms. The second kappa shape index (κ2) is 5.01. The predicted octanol–water partition coefficient (Wildman–Crippen LogP) is 1.84. The number of sulfone groups is 1. The molecule has 0 atom stereocenters. The van der Waals surface area contributed by atoms with Gasteiger partial charge in [-0.05, 0) is 34.6 Å². The van der Waals surface area contributed by atoms with Gasteiger partial charge in [-0.1, -0.05) is 0 Å². The number of H-pyrrole nitrogens is 1. The first-order valence-electron chi connectivity index (χ1n) is 6.80. The van der Waals surface area contributed by atoms with Crippen molar-refractivity contribution in [3.05, 3.63) is 11.4 Å². The molecule has 0 radical (unpaired) electrons. The fraction of sp³-hybridized carbons (Fsp3) is 0.692. The molecule has 0 aromatic carbocycles. The van der Waals surface area contributed by atoms with Crippen molar-refractivity contribution in [1.29, 1.82) is 0 Å². The van der Waals surface area contributed by atoms with Gasteiger partial charge in [0.2, 0.25) is 15.0 Å². The van der Waals surface area contributed by atoms with E-state index in [2.05, 4.69) is 9.97 Å². The second-order valence-corrected chi connectivity index (χ2v) is 8.82. The molecule has 1 aromatic rings. The van der Waals surface area contributed by atoms with Crippen molar-refractivity contribution < 1.29 is 17.9 Å². The number of ether oxygens (including phenoxy) is 1. The molecule has 1 amide bonds. The van der Waals surface area contributed by atoms with Gasteiger partial charge in [0, 0.05) is 0 Å². The molecule has 0 saturated carbocycles. The molecule has 0 bridgehead atoms. The lowest BCUT2D eigenvalue weighted by molar-refractivity contribution is 0.0238. The molecule has 0 fully saturated rings. The number of amides is 1. The van der Waals surface area contributed by atoms with Crippen LogP contribution in [0.1, 0.15) is 46.0 Å². The van der Waals surface area contributed by atoms with Crippen molar-refractivity contribution in [2.24, 2.45) is 0 Å². The van der Waals surface area contributed by atoms with Gasteiger partial charge in [0.25, 0.3) is 0 Å². The minimum absolute atomic E-state index is 0.0219. The lowest BCUT2D eigenvalue weighted by atomic mass is 10.2. The number of rotatable bonds is 2. The minimum atomic E-state index is -3.42. The molecule has 7 nitrogen and oxygen atoms in total. The summed E-state index contributed by atoms with van der Waals surface area (Å²) < 4.78 is 29.4. The molecule has 0 saturated heterocycles. The number of aromatic amines is 1. The fourth-order valence-electron chi connectivity index (χ4n) is 1.92. The lowest BCUT2D eigenvalue weighted by Crippen LogP contribution is -2.33. The summed E-state index contributed by atoms with van der Waals surface area (Å²) in [7, 11) is -3.42. The maximum Gasteiger partial charge on any atom is 0.410 e. The van der Waals surface area contributed by atoms with Crippen molar-refractivity contribution in [2.75, 3.05) is 0 Å². The standard InChI is InChI=1S/C13H21N3O4S/c1-8(2)21(18,19)11-14-9-6-16(7-10(9)15-11)12(17)20-13(3,4)5/h8H,6-7H2,1-5H3,(H,14,15). The molecule has 2 rings (SSSR count). The van der Waals surface area contributed by atoms with Crippen LogP contribution in [0.3, 0.4) is 0 Å². The number of fused-ring (bicyclic) bond motifs is 1. The van der Waals surface area contributed by atoms with Gasteiger partial charge < -0.3 is 9.72 Å². The highest BCUT2D eigenvalue weighted by atomic mass is 32.2. The smallest absolute Gasteiger partial charge is 0.410 e. The average molecular weight is 315 g/mol. The van der Waals surface area contributed by atoms with Crippen LogP contribution in [-0.4, -0.2) is 40.2 Å². The van der Waals surface area contributed by atoms with E-state index in [4.69, 9.17) is 4.74 Å². The number of nitrogens with one attached hydrogen (secondary N) is 1. The predicted molar refractivity (Wildman–Crippen MR) is 76.4 cm³/mol. The van der Waals surface area contributed by atoms with Crippen LogP contribution >= 0.6 is 0 Å². The molecule has 21 heavy (non-hydrogen) atoms. The zero-order chi connectivity index (χ0) is 16.0. The molecular formula is C13H21N3O4S. The van der Waals surface area contributed by atoms with Crippen molar-refractivity contribution >= 4 is 15.9 Å². The van der Waals surface area contributed by atoms with Crippen LogP contribution in [0.5, 0.6) is 0 Å². The molecule has 8 heteroatoms. The van der Waals surface area contributed by atoms with E-state index in [1.54, 1.807) is 34.6 Å². The fourth-order valence-corrected chi connectivity index (χ4v) is 2.87. The number of hydrogen-bond acceptors (Lipinski definition) is 5. The van der Waals surface area contributed by atoms with Crippen molar-refractivity contribution in [2.45, 2.75) is 63.7 Å². The summed E-state index contributed by atoms with van der Waals surface area (Å²) in [6.45, 7) is 9.15. The van der Waals surface area contributed by atoms with Crippen LogP contribution < -0.4 is 0 Å². The van der Waals surface area contributed by atoms with Gasteiger partial charge >= 0.3 is 6.09 Å². The number of nitrogens with zero attached hydrogens (tertiary/aromatic N) is 2. The Kier molecular flexibility index (Phi) is 3.77. The first kappa shape index (κ1) is 15.8. The van der Waals surface area contributed by atoms with Gasteiger partial charge in [-0.2, -0.15) is 0 Å². The van der Waals surface area contributed by atoms with Gasteiger partial charge in [0.05, 0.1) is 29.7 Å². The Morgan fingerprint density at radius 3 is 2.43 bits per heavy atom. The van der Waals surface area contributed by atoms with Crippen LogP contribution in [0.25, 0.3) is 0 Å². The molecule has 1 aliphatic heterocycles. The maximum atomic E-state index is 12.0. The molecule has 1 aromatic heterocycles. The van der Waals surface area contributed by atoms with E-state index in [0.29, 0.717) is 11.4 Å². The number of aromatic nitrogens is 2. The molecule has 0 unspecified atom stereocenters. The summed E-state index contributed by atoms with van der Waals surface area (Å²) in [5.74, 6) is 0. The van der Waals surface area contributed by atoms with E-state index in [1.807, 2.05) is 0 Å². The van der Waals surface area contributed by atoms with Crippen LogP contribution in [0.2, 0.25) is 0 Å². The Morgan fingerprint density at radius 1 is 1.33 bits per heavy atom. The zero-order valence-corrected chi connectivity index (χ0v) is 13.7. The largest absolute Gasteiger partial charge is 0.444 e. The Hall–Kier alpha value is -1.57. The summed E-state index contributed by atoms with van der Waals surface area (Å²) >= 11 is 0. The molecule has 0 aliphatic carbocycles. The Morgan fingerprint density at radius 2 is 1.95 bits per heavy atom. The van der Waals surface area contributed by atoms with E-state index in [9.17, 15) is 13.2 Å². The van der Waals surface area contributed by atoms with Crippen LogP contribution in [0, 0.1) is 0 Å². The Bertz CT molecular complexity index is 632. The van der Waals surface area contributed by atoms with Crippen molar-refractivity contribution in [3.63, 3.8) is 0 Å². The van der Waals surface area contributed by atoms with Gasteiger partial charge in [0.1, 0.15) is 5.60 Å². The summed E-state index contributed by atoms with van der Waals surface area (Å²) in [5, 5.41) is -0.558. The third-order valence-electron chi connectivity index (χ3n) is 3.07. The second-order valence-electron chi connectivity index (χ2n) is 6.40. The van der Waals surface area contributed by atoms with E-state index in [-0.39, 0.29) is 18.2 Å². The summed E-state index contributed by atoms with van der Waals surface area (Å²) in [4.78, 5) is 20.4.